The Morgan fingerprint density at radius 2 is 2.28 bits per heavy atom. The minimum atomic E-state index is -1.14. The maximum atomic E-state index is 13.4. The molecule has 18 heavy (non-hydrogen) atoms. The number of rotatable bonds is 4. The number of benzene rings is 1. The van der Waals surface area contributed by atoms with Crippen molar-refractivity contribution in [3.63, 3.8) is 0 Å². The lowest BCUT2D eigenvalue weighted by molar-refractivity contribution is -0.387. The van der Waals surface area contributed by atoms with Gasteiger partial charge < -0.3 is 4.74 Å². The van der Waals surface area contributed by atoms with Gasteiger partial charge in [-0.05, 0) is 24.6 Å². The minimum absolute atomic E-state index is 0.160. The van der Waals surface area contributed by atoms with Crippen LogP contribution in [0.1, 0.15) is 18.1 Å². The van der Waals surface area contributed by atoms with Crippen LogP contribution >= 0.6 is 0 Å². The van der Waals surface area contributed by atoms with E-state index in [9.17, 15) is 19.3 Å². The Morgan fingerprint density at radius 1 is 1.61 bits per heavy atom. The van der Waals surface area contributed by atoms with Crippen LogP contribution in [0.2, 0.25) is 0 Å². The smallest absolute Gasteiger partial charge is 0.322 e. The number of halogens is 1. The van der Waals surface area contributed by atoms with Crippen LogP contribution in [0.25, 0.3) is 0 Å². The standard InChI is InChI=1S/C11H9FN2O4/c1-2-18-10(15)5-7-3-8(6-13)11(14(16)17)9(12)4-7/h3-4H,2,5H2,1H3. The summed E-state index contributed by atoms with van der Waals surface area (Å²) in [5.41, 5.74) is -1.14. The molecule has 0 atom stereocenters. The molecule has 0 saturated carbocycles. The molecule has 0 saturated heterocycles. The van der Waals surface area contributed by atoms with E-state index in [0.29, 0.717) is 0 Å². The number of carbonyl (C=O) groups is 1. The number of hydrogen-bond donors (Lipinski definition) is 0. The number of ether oxygens (including phenoxy) is 1. The van der Waals surface area contributed by atoms with E-state index in [1.54, 1.807) is 6.92 Å². The molecule has 0 spiro atoms. The number of nitro groups is 1. The zero-order chi connectivity index (χ0) is 13.7. The van der Waals surface area contributed by atoms with Gasteiger partial charge in [0.2, 0.25) is 5.82 Å². The predicted octanol–water partition coefficient (Wildman–Crippen LogP) is 1.71. The van der Waals surface area contributed by atoms with Crippen LogP contribution in [-0.4, -0.2) is 17.5 Å². The van der Waals surface area contributed by atoms with Crippen LogP contribution in [0, 0.1) is 27.3 Å². The Kier molecular flexibility index (Phi) is 4.32. The average molecular weight is 252 g/mol. The molecule has 1 aromatic rings. The molecule has 0 unspecified atom stereocenters. The van der Waals surface area contributed by atoms with Crippen LogP contribution in [0.4, 0.5) is 10.1 Å². The average Bonchev–Trinajstić information content (AvgIpc) is 2.27. The lowest BCUT2D eigenvalue weighted by Crippen LogP contribution is -2.08. The van der Waals surface area contributed by atoms with E-state index in [0.717, 1.165) is 12.1 Å². The van der Waals surface area contributed by atoms with E-state index in [4.69, 9.17) is 5.26 Å². The van der Waals surface area contributed by atoms with E-state index in [-0.39, 0.29) is 18.6 Å². The van der Waals surface area contributed by atoms with Crippen LogP contribution in [0.3, 0.4) is 0 Å². The molecule has 7 heteroatoms. The van der Waals surface area contributed by atoms with Gasteiger partial charge in [-0.15, -0.1) is 0 Å². The summed E-state index contributed by atoms with van der Waals surface area (Å²) < 4.78 is 18.1. The molecule has 94 valence electrons. The first-order valence-electron chi connectivity index (χ1n) is 5.02. The first kappa shape index (κ1) is 13.6. The quantitative estimate of drug-likeness (QED) is 0.462. The molecule has 0 N–H and O–H groups in total. The molecule has 0 heterocycles. The molecule has 6 nitrogen and oxygen atoms in total. The SMILES string of the molecule is CCOC(=O)Cc1cc(F)c([N+](=O)[O-])c(C#N)c1. The number of nitrogens with zero attached hydrogens (tertiary/aromatic N) is 2. The molecular formula is C11H9FN2O4. The number of nitriles is 1. The molecular weight excluding hydrogens is 243 g/mol. The van der Waals surface area contributed by atoms with Crippen LogP contribution in [0.5, 0.6) is 0 Å². The van der Waals surface area contributed by atoms with Gasteiger partial charge in [-0.1, -0.05) is 0 Å². The van der Waals surface area contributed by atoms with Gasteiger partial charge in [0.1, 0.15) is 11.6 Å². The van der Waals surface area contributed by atoms with Gasteiger partial charge in [-0.2, -0.15) is 9.65 Å². The highest BCUT2D eigenvalue weighted by atomic mass is 19.1. The maximum absolute atomic E-state index is 13.4. The van der Waals surface area contributed by atoms with Crippen molar-refractivity contribution in [1.29, 1.82) is 5.26 Å². The lowest BCUT2D eigenvalue weighted by Gasteiger charge is -2.03. The summed E-state index contributed by atoms with van der Waals surface area (Å²) in [6.07, 6.45) is -0.239. The summed E-state index contributed by atoms with van der Waals surface area (Å²) in [5.74, 6) is -1.73. The van der Waals surface area contributed by atoms with Gasteiger partial charge in [0.25, 0.3) is 0 Å². The van der Waals surface area contributed by atoms with Crippen molar-refractivity contribution in [2.45, 2.75) is 13.3 Å². The molecule has 1 rings (SSSR count). The van der Waals surface area contributed by atoms with Crippen LogP contribution in [-0.2, 0) is 16.0 Å². The highest BCUT2D eigenvalue weighted by molar-refractivity contribution is 5.73. The first-order valence-corrected chi connectivity index (χ1v) is 5.02. The Bertz CT molecular complexity index is 537. The minimum Gasteiger partial charge on any atom is -0.466 e. The van der Waals surface area contributed by atoms with Crippen molar-refractivity contribution in [1.82, 2.24) is 0 Å². The largest absolute Gasteiger partial charge is 0.466 e. The van der Waals surface area contributed by atoms with Crippen molar-refractivity contribution in [3.8, 4) is 6.07 Å². The number of carbonyl (C=O) groups excluding carboxylic acids is 1. The van der Waals surface area contributed by atoms with Gasteiger partial charge in [-0.25, -0.2) is 0 Å². The first-order chi connectivity index (χ1) is 8.49. The fraction of sp³-hybridized carbons (Fsp3) is 0.273. The summed E-state index contributed by atoms with van der Waals surface area (Å²) in [5, 5.41) is 19.3. The van der Waals surface area contributed by atoms with Gasteiger partial charge in [0.05, 0.1) is 18.0 Å². The van der Waals surface area contributed by atoms with Crippen LogP contribution < -0.4 is 0 Å². The Balaban J connectivity index is 3.12. The number of hydrogen-bond acceptors (Lipinski definition) is 5. The van der Waals surface area contributed by atoms with Gasteiger partial charge in [0.15, 0.2) is 0 Å². The Hall–Kier alpha value is -2.49. The maximum Gasteiger partial charge on any atom is 0.322 e. The summed E-state index contributed by atoms with van der Waals surface area (Å²) in [4.78, 5) is 20.8. The van der Waals surface area contributed by atoms with E-state index in [1.807, 2.05) is 0 Å². The van der Waals surface area contributed by atoms with E-state index < -0.39 is 28.0 Å². The molecule has 0 amide bonds. The van der Waals surface area contributed by atoms with Crippen molar-refractivity contribution < 1.29 is 18.8 Å². The number of esters is 1. The molecule has 0 aromatic heterocycles. The Labute approximate surface area is 102 Å². The molecule has 0 fully saturated rings. The van der Waals surface area contributed by atoms with Crippen molar-refractivity contribution in [2.24, 2.45) is 0 Å². The third-order valence-electron chi connectivity index (χ3n) is 2.08. The fourth-order valence-corrected chi connectivity index (χ4v) is 1.41. The monoisotopic (exact) mass is 252 g/mol. The van der Waals surface area contributed by atoms with E-state index in [2.05, 4.69) is 4.74 Å². The number of nitro benzene ring substituents is 1. The molecule has 0 aliphatic rings. The van der Waals surface area contributed by atoms with E-state index in [1.165, 1.54) is 6.07 Å². The molecule has 1 aromatic carbocycles. The van der Waals surface area contributed by atoms with Crippen molar-refractivity contribution in [2.75, 3.05) is 6.61 Å². The summed E-state index contributed by atoms with van der Waals surface area (Å²) in [6.45, 7) is 1.80. The van der Waals surface area contributed by atoms with Gasteiger partial charge >= 0.3 is 11.7 Å². The summed E-state index contributed by atoms with van der Waals surface area (Å²) in [6, 6.07) is 3.50. The summed E-state index contributed by atoms with van der Waals surface area (Å²) in [7, 11) is 0. The van der Waals surface area contributed by atoms with Gasteiger partial charge in [-0.3, -0.25) is 14.9 Å². The summed E-state index contributed by atoms with van der Waals surface area (Å²) >= 11 is 0. The zero-order valence-corrected chi connectivity index (χ0v) is 9.47. The van der Waals surface area contributed by atoms with Gasteiger partial charge in [0, 0.05) is 0 Å². The van der Waals surface area contributed by atoms with Crippen molar-refractivity contribution in [3.05, 3.63) is 39.2 Å². The lowest BCUT2D eigenvalue weighted by atomic mass is 10.1. The third kappa shape index (κ3) is 3.01. The molecule has 0 aliphatic heterocycles. The second kappa shape index (κ2) is 5.72. The third-order valence-corrected chi connectivity index (χ3v) is 2.08. The normalized spacial score (nSPS) is 9.61. The molecule has 0 radical (unpaired) electrons. The topological polar surface area (TPSA) is 93.2 Å². The van der Waals surface area contributed by atoms with Crippen molar-refractivity contribution >= 4 is 11.7 Å². The second-order valence-electron chi connectivity index (χ2n) is 3.32. The highest BCUT2D eigenvalue weighted by Gasteiger charge is 2.22. The zero-order valence-electron chi connectivity index (χ0n) is 9.47. The molecule has 0 bridgehead atoms. The Morgan fingerprint density at radius 3 is 2.78 bits per heavy atom. The van der Waals surface area contributed by atoms with Crippen LogP contribution in [0.15, 0.2) is 12.1 Å². The fourth-order valence-electron chi connectivity index (χ4n) is 1.41. The second-order valence-corrected chi connectivity index (χ2v) is 3.32. The van der Waals surface area contributed by atoms with E-state index >= 15 is 0 Å². The highest BCUT2D eigenvalue weighted by Crippen LogP contribution is 2.24. The predicted molar refractivity (Wildman–Crippen MR) is 58.1 cm³/mol. The molecule has 0 aliphatic carbocycles.